The van der Waals surface area contributed by atoms with Crippen LogP contribution >= 0.6 is 12.4 Å². The molecule has 3 unspecified atom stereocenters. The molecular weight excluding hydrogens is 352 g/mol. The molecule has 4 N–H and O–H groups in total. The zero-order chi connectivity index (χ0) is 18.0. The Morgan fingerprint density at radius 1 is 1.27 bits per heavy atom. The lowest BCUT2D eigenvalue weighted by atomic mass is 9.96. The van der Waals surface area contributed by atoms with E-state index in [9.17, 15) is 9.59 Å². The van der Waals surface area contributed by atoms with Gasteiger partial charge in [0.1, 0.15) is 0 Å². The van der Waals surface area contributed by atoms with Crippen molar-refractivity contribution in [2.75, 3.05) is 7.05 Å². The number of hydrogen-bond acceptors (Lipinski definition) is 3. The molecule has 3 atom stereocenters. The number of aryl methyl sites for hydroxylation is 1. The molecule has 0 radical (unpaired) electrons. The summed E-state index contributed by atoms with van der Waals surface area (Å²) >= 11 is 0. The number of hydrogen-bond donors (Lipinski definition) is 3. The molecule has 2 bridgehead atoms. The van der Waals surface area contributed by atoms with Gasteiger partial charge in [-0.2, -0.15) is 0 Å². The van der Waals surface area contributed by atoms with Gasteiger partial charge in [0.15, 0.2) is 0 Å². The average Bonchev–Trinajstić information content (AvgIpc) is 2.91. The van der Waals surface area contributed by atoms with Crippen molar-refractivity contribution in [2.45, 2.75) is 63.2 Å². The molecule has 1 aromatic carbocycles. The predicted molar refractivity (Wildman–Crippen MR) is 104 cm³/mol. The van der Waals surface area contributed by atoms with Crippen LogP contribution < -0.4 is 16.4 Å². The number of fused-ring (bicyclic) bond motifs is 2. The summed E-state index contributed by atoms with van der Waals surface area (Å²) in [5.41, 5.74) is 7.31. The van der Waals surface area contributed by atoms with Crippen molar-refractivity contribution >= 4 is 24.3 Å². The number of rotatable bonds is 5. The summed E-state index contributed by atoms with van der Waals surface area (Å²) in [6.45, 7) is 1.98. The van der Waals surface area contributed by atoms with Crippen molar-refractivity contribution < 1.29 is 9.59 Å². The maximum atomic E-state index is 12.9. The number of nitrogens with one attached hydrogen (secondary N) is 2. The van der Waals surface area contributed by atoms with Gasteiger partial charge in [-0.05, 0) is 43.7 Å². The third kappa shape index (κ3) is 4.68. The second-order valence-electron chi connectivity index (χ2n) is 7.39. The van der Waals surface area contributed by atoms with Gasteiger partial charge in [0, 0.05) is 25.2 Å². The third-order valence-corrected chi connectivity index (χ3v) is 5.65. The van der Waals surface area contributed by atoms with E-state index in [-0.39, 0.29) is 30.8 Å². The van der Waals surface area contributed by atoms with Crippen molar-refractivity contribution in [3.05, 3.63) is 35.4 Å². The van der Waals surface area contributed by atoms with Gasteiger partial charge in [-0.15, -0.1) is 12.4 Å². The number of carbonyl (C=O) groups is 2. The normalized spacial score (nSPS) is 25.1. The summed E-state index contributed by atoms with van der Waals surface area (Å²) in [6.07, 6.45) is 4.66. The van der Waals surface area contributed by atoms with Crippen molar-refractivity contribution in [3.8, 4) is 0 Å². The smallest absolute Gasteiger partial charge is 0.312 e. The van der Waals surface area contributed by atoms with E-state index < -0.39 is 12.1 Å². The molecule has 0 saturated carbocycles. The van der Waals surface area contributed by atoms with Crippen LogP contribution in [0.25, 0.3) is 0 Å². The minimum atomic E-state index is -0.608. The fourth-order valence-corrected chi connectivity index (χ4v) is 4.25. The quantitative estimate of drug-likeness (QED) is 0.732. The number of urea groups is 1. The Morgan fingerprint density at radius 3 is 2.46 bits per heavy atom. The number of piperidine rings is 1. The van der Waals surface area contributed by atoms with Crippen LogP contribution in [-0.2, 0) is 4.79 Å². The zero-order valence-electron chi connectivity index (χ0n) is 15.4. The SMILES string of the molecule is Cc1ccccc1C(CC(=O)N(C)C1CC2CCC(C1)N2)NC(N)=O.Cl. The summed E-state index contributed by atoms with van der Waals surface area (Å²) in [5, 5.41) is 6.34. The molecule has 2 aliphatic heterocycles. The fraction of sp³-hybridized carbons (Fsp3) is 0.579. The van der Waals surface area contributed by atoms with Crippen LogP contribution in [0.2, 0.25) is 0 Å². The lowest BCUT2D eigenvalue weighted by molar-refractivity contribution is -0.133. The van der Waals surface area contributed by atoms with Gasteiger partial charge < -0.3 is 21.3 Å². The first-order valence-corrected chi connectivity index (χ1v) is 9.07. The molecule has 7 heteroatoms. The van der Waals surface area contributed by atoms with E-state index in [0.717, 1.165) is 24.0 Å². The Hall–Kier alpha value is -1.79. The second-order valence-corrected chi connectivity index (χ2v) is 7.39. The van der Waals surface area contributed by atoms with E-state index in [4.69, 9.17) is 5.73 Å². The maximum absolute atomic E-state index is 12.9. The molecule has 2 saturated heterocycles. The molecule has 2 fully saturated rings. The van der Waals surface area contributed by atoms with Crippen molar-refractivity contribution in [1.29, 1.82) is 0 Å². The Kier molecular flexibility index (Phi) is 6.89. The average molecular weight is 381 g/mol. The first kappa shape index (κ1) is 20.5. The van der Waals surface area contributed by atoms with Crippen LogP contribution in [0.15, 0.2) is 24.3 Å². The first-order chi connectivity index (χ1) is 11.9. The molecule has 3 amide bonds. The van der Waals surface area contributed by atoms with E-state index in [2.05, 4.69) is 10.6 Å². The summed E-state index contributed by atoms with van der Waals surface area (Å²) < 4.78 is 0. The predicted octanol–water partition coefficient (Wildman–Crippen LogP) is 2.26. The molecule has 144 valence electrons. The van der Waals surface area contributed by atoms with Crippen molar-refractivity contribution in [3.63, 3.8) is 0 Å². The summed E-state index contributed by atoms with van der Waals surface area (Å²) in [4.78, 5) is 26.2. The van der Waals surface area contributed by atoms with Crippen molar-refractivity contribution in [2.24, 2.45) is 5.73 Å². The number of halogens is 1. The molecule has 0 spiro atoms. The topological polar surface area (TPSA) is 87.5 Å². The van der Waals surface area contributed by atoms with Gasteiger partial charge in [-0.25, -0.2) is 4.79 Å². The third-order valence-electron chi connectivity index (χ3n) is 5.65. The van der Waals surface area contributed by atoms with Gasteiger partial charge in [-0.3, -0.25) is 4.79 Å². The van der Waals surface area contributed by atoms with E-state index in [1.807, 2.05) is 43.1 Å². The summed E-state index contributed by atoms with van der Waals surface area (Å²) in [6, 6.07) is 8.12. The van der Waals surface area contributed by atoms with Crippen LogP contribution in [0.3, 0.4) is 0 Å². The largest absolute Gasteiger partial charge is 0.352 e. The highest BCUT2D eigenvalue weighted by atomic mass is 35.5. The Bertz CT molecular complexity index is 642. The minimum Gasteiger partial charge on any atom is -0.352 e. The van der Waals surface area contributed by atoms with Gasteiger partial charge in [-0.1, -0.05) is 24.3 Å². The van der Waals surface area contributed by atoms with Crippen LogP contribution in [0.4, 0.5) is 4.79 Å². The molecule has 1 aromatic rings. The molecule has 3 rings (SSSR count). The first-order valence-electron chi connectivity index (χ1n) is 9.07. The van der Waals surface area contributed by atoms with Crippen LogP contribution in [0.5, 0.6) is 0 Å². The number of benzene rings is 1. The molecule has 0 aliphatic carbocycles. The number of amides is 3. The highest BCUT2D eigenvalue weighted by molar-refractivity contribution is 5.85. The number of carbonyl (C=O) groups excluding carboxylic acids is 2. The van der Waals surface area contributed by atoms with E-state index in [1.165, 1.54) is 12.8 Å². The summed E-state index contributed by atoms with van der Waals surface area (Å²) in [7, 11) is 1.89. The van der Waals surface area contributed by atoms with Crippen LogP contribution in [-0.4, -0.2) is 42.0 Å². The Balaban J connectivity index is 0.00000243. The molecule has 2 heterocycles. The molecular formula is C19H29ClN4O2. The monoisotopic (exact) mass is 380 g/mol. The van der Waals surface area contributed by atoms with Crippen molar-refractivity contribution in [1.82, 2.24) is 15.5 Å². The zero-order valence-corrected chi connectivity index (χ0v) is 16.2. The number of nitrogens with zero attached hydrogens (tertiary/aromatic N) is 1. The van der Waals surface area contributed by atoms with E-state index >= 15 is 0 Å². The Morgan fingerprint density at radius 2 is 1.88 bits per heavy atom. The molecule has 6 nitrogen and oxygen atoms in total. The highest BCUT2D eigenvalue weighted by Crippen LogP contribution is 2.30. The van der Waals surface area contributed by atoms with Crippen LogP contribution in [0.1, 0.15) is 49.3 Å². The summed E-state index contributed by atoms with van der Waals surface area (Å²) in [5.74, 6) is 0.0494. The van der Waals surface area contributed by atoms with Gasteiger partial charge >= 0.3 is 6.03 Å². The number of nitrogens with two attached hydrogens (primary N) is 1. The van der Waals surface area contributed by atoms with Gasteiger partial charge in [0.05, 0.1) is 12.5 Å². The fourth-order valence-electron chi connectivity index (χ4n) is 4.25. The highest BCUT2D eigenvalue weighted by Gasteiger charge is 2.36. The lowest BCUT2D eigenvalue weighted by Crippen LogP contribution is -2.49. The molecule has 26 heavy (non-hydrogen) atoms. The maximum Gasteiger partial charge on any atom is 0.312 e. The lowest BCUT2D eigenvalue weighted by Gasteiger charge is -2.36. The second kappa shape index (κ2) is 8.73. The van der Waals surface area contributed by atoms with E-state index in [0.29, 0.717) is 12.1 Å². The Labute approximate surface area is 161 Å². The van der Waals surface area contributed by atoms with Gasteiger partial charge in [0.25, 0.3) is 0 Å². The number of primary amides is 1. The van der Waals surface area contributed by atoms with Crippen LogP contribution in [0, 0.1) is 6.92 Å². The van der Waals surface area contributed by atoms with E-state index in [1.54, 1.807) is 0 Å². The molecule has 2 aliphatic rings. The molecule has 0 aromatic heterocycles. The minimum absolute atomic E-state index is 0. The standard InChI is InChI=1S/C19H28N4O2.ClH/c1-12-5-3-4-6-16(12)17(22-19(20)25)11-18(24)23(2)15-9-13-7-8-14(10-15)21-13;/h3-6,13-15,17,21H,7-11H2,1-2H3,(H3,20,22,25);1H. The van der Waals surface area contributed by atoms with Gasteiger partial charge in [0.2, 0.25) is 5.91 Å².